The molecule has 1 aliphatic heterocycles. The molecule has 19 heavy (non-hydrogen) atoms. The molecule has 6 nitrogen and oxygen atoms in total. The molecule has 1 fully saturated rings. The van der Waals surface area contributed by atoms with Crippen LogP contribution >= 0.6 is 11.6 Å². The molecule has 0 saturated carbocycles. The van der Waals surface area contributed by atoms with Gasteiger partial charge in [-0.25, -0.2) is 4.79 Å². The Morgan fingerprint density at radius 1 is 1.32 bits per heavy atom. The fraction of sp³-hybridized carbons (Fsp3) is 0.750. The van der Waals surface area contributed by atoms with E-state index in [2.05, 4.69) is 4.74 Å². The summed E-state index contributed by atoms with van der Waals surface area (Å²) in [5.74, 6) is -1.43. The van der Waals surface area contributed by atoms with Crippen LogP contribution in [0.1, 0.15) is 26.7 Å². The van der Waals surface area contributed by atoms with Gasteiger partial charge in [0.25, 0.3) is 5.91 Å². The number of ether oxygens (including phenoxy) is 2. The number of carbonyl (C=O) groups excluding carboxylic acids is 3. The highest BCUT2D eigenvalue weighted by Crippen LogP contribution is 2.23. The van der Waals surface area contributed by atoms with Crippen LogP contribution in [0, 0.1) is 0 Å². The van der Waals surface area contributed by atoms with E-state index in [1.54, 1.807) is 0 Å². The fourth-order valence-corrected chi connectivity index (χ4v) is 2.15. The highest BCUT2D eigenvalue weighted by Gasteiger charge is 2.39. The molecule has 0 unspecified atom stereocenters. The molecule has 0 aromatic heterocycles. The molecule has 0 aromatic carbocycles. The zero-order chi connectivity index (χ0) is 14.4. The quantitative estimate of drug-likeness (QED) is 0.551. The van der Waals surface area contributed by atoms with E-state index in [1.165, 1.54) is 11.8 Å². The van der Waals surface area contributed by atoms with Gasteiger partial charge in [-0.1, -0.05) is 6.92 Å². The number of halogens is 1. The molecule has 0 aliphatic carbocycles. The number of alkyl halides is 1. The third kappa shape index (κ3) is 4.70. The lowest BCUT2D eigenvalue weighted by atomic mass is 10.2. The average Bonchev–Trinajstić information content (AvgIpc) is 2.75. The van der Waals surface area contributed by atoms with Crippen molar-refractivity contribution in [2.75, 3.05) is 19.8 Å². The van der Waals surface area contributed by atoms with Crippen molar-refractivity contribution in [3.05, 3.63) is 0 Å². The molecule has 2 atom stereocenters. The van der Waals surface area contributed by atoms with Crippen molar-refractivity contribution in [3.63, 3.8) is 0 Å². The van der Waals surface area contributed by atoms with Gasteiger partial charge < -0.3 is 14.4 Å². The van der Waals surface area contributed by atoms with Crippen LogP contribution in [0.25, 0.3) is 0 Å². The van der Waals surface area contributed by atoms with E-state index in [9.17, 15) is 14.4 Å². The van der Waals surface area contributed by atoms with E-state index < -0.39 is 23.9 Å². The van der Waals surface area contributed by atoms with Gasteiger partial charge in [0.1, 0.15) is 6.04 Å². The average molecular weight is 292 g/mol. The van der Waals surface area contributed by atoms with Gasteiger partial charge >= 0.3 is 11.9 Å². The Hall–Kier alpha value is -1.30. The monoisotopic (exact) mass is 291 g/mol. The molecule has 1 heterocycles. The molecule has 0 radical (unpaired) electrons. The second kappa shape index (κ2) is 7.33. The third-order valence-corrected chi connectivity index (χ3v) is 3.01. The minimum Gasteiger partial charge on any atom is -0.464 e. The SMILES string of the molecule is CCCOC(=O)[C@@H]1C[C@H](Cl)CN1C(=O)COC(C)=O. The number of rotatable bonds is 5. The first-order valence-corrected chi connectivity index (χ1v) is 6.62. The first kappa shape index (κ1) is 15.8. The van der Waals surface area contributed by atoms with Gasteiger partial charge in [-0.15, -0.1) is 11.6 Å². The Labute approximate surface area is 117 Å². The maximum absolute atomic E-state index is 11.9. The van der Waals surface area contributed by atoms with Crippen LogP contribution in [0.5, 0.6) is 0 Å². The number of esters is 2. The minimum atomic E-state index is -0.683. The third-order valence-electron chi connectivity index (χ3n) is 2.69. The Balaban J connectivity index is 2.60. The van der Waals surface area contributed by atoms with Crippen molar-refractivity contribution in [2.45, 2.75) is 38.1 Å². The number of nitrogens with zero attached hydrogens (tertiary/aromatic N) is 1. The maximum atomic E-state index is 11.9. The number of amides is 1. The molecule has 0 bridgehead atoms. The molecule has 1 saturated heterocycles. The molecular formula is C12H18ClNO5. The predicted molar refractivity (Wildman–Crippen MR) is 67.6 cm³/mol. The molecule has 0 aromatic rings. The second-order valence-corrected chi connectivity index (χ2v) is 4.96. The lowest BCUT2D eigenvalue weighted by Gasteiger charge is -2.22. The topological polar surface area (TPSA) is 72.9 Å². The maximum Gasteiger partial charge on any atom is 0.328 e. The summed E-state index contributed by atoms with van der Waals surface area (Å²) in [6.07, 6.45) is 1.07. The molecule has 7 heteroatoms. The van der Waals surface area contributed by atoms with Crippen molar-refractivity contribution < 1.29 is 23.9 Å². The first-order valence-electron chi connectivity index (χ1n) is 6.19. The molecule has 108 valence electrons. The summed E-state index contributed by atoms with van der Waals surface area (Å²) in [5.41, 5.74) is 0. The van der Waals surface area contributed by atoms with Crippen LogP contribution < -0.4 is 0 Å². The normalized spacial score (nSPS) is 22.2. The highest BCUT2D eigenvalue weighted by molar-refractivity contribution is 6.21. The van der Waals surface area contributed by atoms with E-state index in [1.807, 2.05) is 6.92 Å². The van der Waals surface area contributed by atoms with Crippen LogP contribution in [0.2, 0.25) is 0 Å². The fourth-order valence-electron chi connectivity index (χ4n) is 1.83. The summed E-state index contributed by atoms with van der Waals surface area (Å²) in [5, 5.41) is -0.291. The van der Waals surface area contributed by atoms with Crippen LogP contribution in [0.4, 0.5) is 0 Å². The Morgan fingerprint density at radius 2 is 2.00 bits per heavy atom. The lowest BCUT2D eigenvalue weighted by Crippen LogP contribution is -2.43. The van der Waals surface area contributed by atoms with Crippen molar-refractivity contribution in [3.8, 4) is 0 Å². The second-order valence-electron chi connectivity index (χ2n) is 4.34. The molecule has 0 spiro atoms. The van der Waals surface area contributed by atoms with Crippen molar-refractivity contribution in [1.82, 2.24) is 4.90 Å². The van der Waals surface area contributed by atoms with Gasteiger partial charge in [-0.2, -0.15) is 0 Å². The molecular weight excluding hydrogens is 274 g/mol. The molecule has 0 N–H and O–H groups in total. The van der Waals surface area contributed by atoms with Gasteiger partial charge in [-0.05, 0) is 12.8 Å². The van der Waals surface area contributed by atoms with Gasteiger partial charge in [-0.3, -0.25) is 9.59 Å². The molecule has 1 rings (SSSR count). The van der Waals surface area contributed by atoms with E-state index in [0.717, 1.165) is 0 Å². The highest BCUT2D eigenvalue weighted by atomic mass is 35.5. The Bertz CT molecular complexity index is 360. The van der Waals surface area contributed by atoms with Crippen molar-refractivity contribution in [1.29, 1.82) is 0 Å². The van der Waals surface area contributed by atoms with Gasteiger partial charge in [0.2, 0.25) is 0 Å². The van der Waals surface area contributed by atoms with Crippen molar-refractivity contribution >= 4 is 29.4 Å². The van der Waals surface area contributed by atoms with Gasteiger partial charge in [0.05, 0.1) is 12.0 Å². The Kier molecular flexibility index (Phi) is 6.08. The lowest BCUT2D eigenvalue weighted by molar-refractivity contribution is -0.157. The van der Waals surface area contributed by atoms with Crippen LogP contribution in [-0.2, 0) is 23.9 Å². The van der Waals surface area contributed by atoms with Crippen LogP contribution in [-0.4, -0.2) is 53.9 Å². The summed E-state index contributed by atoms with van der Waals surface area (Å²) in [4.78, 5) is 35.7. The smallest absolute Gasteiger partial charge is 0.328 e. The summed E-state index contributed by atoms with van der Waals surface area (Å²) < 4.78 is 9.67. The molecule has 1 amide bonds. The number of carbonyl (C=O) groups is 3. The minimum absolute atomic E-state index is 0.257. The summed E-state index contributed by atoms with van der Waals surface area (Å²) in [6.45, 7) is 3.29. The summed E-state index contributed by atoms with van der Waals surface area (Å²) in [6, 6.07) is -0.683. The van der Waals surface area contributed by atoms with E-state index in [4.69, 9.17) is 16.3 Å². The van der Waals surface area contributed by atoms with Crippen molar-refractivity contribution in [2.24, 2.45) is 0 Å². The van der Waals surface area contributed by atoms with E-state index in [0.29, 0.717) is 19.4 Å². The summed E-state index contributed by atoms with van der Waals surface area (Å²) in [7, 11) is 0. The summed E-state index contributed by atoms with van der Waals surface area (Å²) >= 11 is 5.98. The first-order chi connectivity index (χ1) is 8.95. The standard InChI is InChI=1S/C12H18ClNO5/c1-3-4-18-12(17)10-5-9(13)6-14(10)11(16)7-19-8(2)15/h9-10H,3-7H2,1-2H3/t9-,10-/m0/s1. The predicted octanol–water partition coefficient (Wildman–Crippen LogP) is 0.711. The van der Waals surface area contributed by atoms with E-state index in [-0.39, 0.29) is 18.5 Å². The van der Waals surface area contributed by atoms with Gasteiger partial charge in [0, 0.05) is 13.5 Å². The molecule has 1 aliphatic rings. The Morgan fingerprint density at radius 3 is 2.58 bits per heavy atom. The number of hydrogen-bond donors (Lipinski definition) is 0. The van der Waals surface area contributed by atoms with Crippen LogP contribution in [0.3, 0.4) is 0 Å². The van der Waals surface area contributed by atoms with Gasteiger partial charge in [0.15, 0.2) is 6.61 Å². The van der Waals surface area contributed by atoms with E-state index >= 15 is 0 Å². The number of hydrogen-bond acceptors (Lipinski definition) is 5. The van der Waals surface area contributed by atoms with Crippen LogP contribution in [0.15, 0.2) is 0 Å². The zero-order valence-corrected chi connectivity index (χ0v) is 11.8. The zero-order valence-electron chi connectivity index (χ0n) is 11.1. The largest absolute Gasteiger partial charge is 0.464 e. The number of likely N-dealkylation sites (tertiary alicyclic amines) is 1.